The van der Waals surface area contributed by atoms with Gasteiger partial charge in [0.2, 0.25) is 0 Å². The minimum atomic E-state index is 0. The van der Waals surface area contributed by atoms with Gasteiger partial charge in [-0.2, -0.15) is 0 Å². The Bertz CT molecular complexity index is 8.00. The molecule has 0 aromatic rings. The van der Waals surface area contributed by atoms with Gasteiger partial charge in [0.05, 0.1) is 0 Å². The van der Waals surface area contributed by atoms with Gasteiger partial charge in [-0.15, -0.1) is 0 Å². The average Bonchev–Trinajstić information content (AvgIpc) is 0. The first-order valence-corrected chi connectivity index (χ1v) is 0. The van der Waals surface area contributed by atoms with Gasteiger partial charge in [0, 0.05) is 60.8 Å². The molecular weight excluding hydrogens is 177 g/mol. The summed E-state index contributed by atoms with van der Waals surface area (Å²) in [6, 6.07) is 0. The summed E-state index contributed by atoms with van der Waals surface area (Å²) in [5.74, 6) is 0. The SMILES string of the molecule is [B].[Co].[Fe].[V]. The molecule has 0 aromatic carbocycles. The number of hydrogen-bond acceptors (Lipinski definition) is 0. The molecule has 0 rings (SSSR count). The molecule has 0 heterocycles. The van der Waals surface area contributed by atoms with Crippen LogP contribution in [-0.2, 0) is 52.4 Å². The van der Waals surface area contributed by atoms with Crippen molar-refractivity contribution >= 4 is 8.41 Å². The van der Waals surface area contributed by atoms with E-state index in [0.29, 0.717) is 0 Å². The van der Waals surface area contributed by atoms with Crippen LogP contribution in [0.25, 0.3) is 0 Å². The third-order valence-corrected chi connectivity index (χ3v) is 0. The van der Waals surface area contributed by atoms with Gasteiger partial charge in [-0.05, 0) is 0 Å². The molecule has 0 fully saturated rings. The smallest absolute Gasteiger partial charge is 0 e. The Labute approximate surface area is 60.6 Å². The van der Waals surface area contributed by atoms with E-state index < -0.39 is 0 Å². The summed E-state index contributed by atoms with van der Waals surface area (Å²) in [4.78, 5) is 0. The maximum Gasteiger partial charge on any atom is 0 e. The normalized spacial score (nSPS) is 0. The van der Waals surface area contributed by atoms with E-state index in [1.165, 1.54) is 0 Å². The second-order valence-corrected chi connectivity index (χ2v) is 0. The van der Waals surface area contributed by atoms with E-state index in [-0.39, 0.29) is 60.8 Å². The standard InChI is InChI=1S/B.Co.Fe.V. The van der Waals surface area contributed by atoms with Gasteiger partial charge in [-0.3, -0.25) is 0 Å². The molecule has 0 amide bonds. The molecule has 0 aliphatic carbocycles. The summed E-state index contributed by atoms with van der Waals surface area (Å²) in [5, 5.41) is 0. The molecule has 0 atom stereocenters. The van der Waals surface area contributed by atoms with E-state index >= 15 is 0 Å². The monoisotopic (exact) mass is 177 g/mol. The molecule has 0 bridgehead atoms. The second kappa shape index (κ2) is 22.5. The first-order chi connectivity index (χ1) is 0. The summed E-state index contributed by atoms with van der Waals surface area (Å²) >= 11 is 0. The van der Waals surface area contributed by atoms with E-state index in [4.69, 9.17) is 0 Å². The molecule has 4 heteroatoms. The van der Waals surface area contributed by atoms with E-state index in [9.17, 15) is 0 Å². The minimum Gasteiger partial charge on any atom is 0 e. The topological polar surface area (TPSA) is 0 Å². The Morgan fingerprint density at radius 2 is 1.00 bits per heavy atom. The van der Waals surface area contributed by atoms with E-state index in [2.05, 4.69) is 0 Å². The summed E-state index contributed by atoms with van der Waals surface area (Å²) in [5.41, 5.74) is 0. The Morgan fingerprint density at radius 1 is 1.00 bits per heavy atom. The molecule has 0 saturated carbocycles. The van der Waals surface area contributed by atoms with Crippen molar-refractivity contribution in [2.75, 3.05) is 0 Å². The van der Waals surface area contributed by atoms with Crippen molar-refractivity contribution in [1.29, 1.82) is 0 Å². The summed E-state index contributed by atoms with van der Waals surface area (Å²) in [7, 11) is 0. The molecule has 5 radical (unpaired) electrons. The van der Waals surface area contributed by atoms with Gasteiger partial charge < -0.3 is 0 Å². The van der Waals surface area contributed by atoms with Crippen LogP contribution in [0.15, 0.2) is 0 Å². The Kier molecular flexibility index (Phi) is 249. The molecule has 0 saturated heterocycles. The number of rotatable bonds is 0. The van der Waals surface area contributed by atoms with E-state index in [0.717, 1.165) is 0 Å². The van der Waals surface area contributed by atoms with Crippen LogP contribution in [0, 0.1) is 0 Å². The van der Waals surface area contributed by atoms with Gasteiger partial charge in [0.15, 0.2) is 0 Å². The van der Waals surface area contributed by atoms with Crippen molar-refractivity contribution in [1.82, 2.24) is 0 Å². The average molecular weight is 177 g/mol. The van der Waals surface area contributed by atoms with Crippen LogP contribution in [0.3, 0.4) is 0 Å². The summed E-state index contributed by atoms with van der Waals surface area (Å²) in [6.45, 7) is 0. The maximum absolute atomic E-state index is 0. The van der Waals surface area contributed by atoms with Crippen LogP contribution in [0.5, 0.6) is 0 Å². The van der Waals surface area contributed by atoms with Crippen LogP contribution in [0.2, 0.25) is 0 Å². The third kappa shape index (κ3) is 9.37. The Balaban J connectivity index is 0. The zero-order valence-electron chi connectivity index (χ0n) is 1.71. The molecule has 0 aliphatic heterocycles. The minimum absolute atomic E-state index is 0. The third-order valence-electron chi connectivity index (χ3n) is 0. The molecule has 0 N–H and O–H groups in total. The molecule has 0 aliphatic rings. The largest absolute Gasteiger partial charge is 0 e. The molecular formula is BCoFeV. The van der Waals surface area contributed by atoms with Gasteiger partial charge in [-0.1, -0.05) is 0 Å². The van der Waals surface area contributed by atoms with Gasteiger partial charge in [-0.25, -0.2) is 0 Å². The molecule has 0 unspecified atom stereocenters. The van der Waals surface area contributed by atoms with Crippen molar-refractivity contribution in [3.05, 3.63) is 0 Å². The fourth-order valence-corrected chi connectivity index (χ4v) is 0. The van der Waals surface area contributed by atoms with Crippen molar-refractivity contribution in [2.45, 2.75) is 0 Å². The van der Waals surface area contributed by atoms with Crippen LogP contribution in [0.1, 0.15) is 0 Å². The summed E-state index contributed by atoms with van der Waals surface area (Å²) < 4.78 is 0. The zero-order chi connectivity index (χ0) is 0. The van der Waals surface area contributed by atoms with Crippen molar-refractivity contribution in [3.8, 4) is 0 Å². The van der Waals surface area contributed by atoms with Crippen molar-refractivity contribution < 1.29 is 52.4 Å². The van der Waals surface area contributed by atoms with Crippen LogP contribution < -0.4 is 0 Å². The Hall–Kier alpha value is 1.68. The van der Waals surface area contributed by atoms with Gasteiger partial charge >= 0.3 is 0 Å². The quantitative estimate of drug-likeness (QED) is 0.441. The molecule has 0 aromatic heterocycles. The maximum atomic E-state index is 0. The number of hydrogen-bond donors (Lipinski definition) is 0. The zero-order valence-corrected chi connectivity index (χ0v) is 5.25. The van der Waals surface area contributed by atoms with Crippen molar-refractivity contribution in [2.24, 2.45) is 0 Å². The van der Waals surface area contributed by atoms with Crippen LogP contribution in [-0.4, -0.2) is 8.41 Å². The fraction of sp³-hybridized carbons (Fsp3) is 0. The fourth-order valence-electron chi connectivity index (χ4n) is 0. The predicted octanol–water partition coefficient (Wildman–Crippen LogP) is -0.388. The molecule has 25 valence electrons. The summed E-state index contributed by atoms with van der Waals surface area (Å²) in [6.07, 6.45) is 0. The van der Waals surface area contributed by atoms with Gasteiger partial charge in [0.1, 0.15) is 0 Å². The first kappa shape index (κ1) is 44.2. The molecule has 0 nitrogen and oxygen atoms in total. The second-order valence-electron chi connectivity index (χ2n) is 0. The van der Waals surface area contributed by atoms with Crippen LogP contribution in [0.4, 0.5) is 0 Å². The van der Waals surface area contributed by atoms with Crippen LogP contribution >= 0.6 is 0 Å². The van der Waals surface area contributed by atoms with Crippen molar-refractivity contribution in [3.63, 3.8) is 0 Å². The Morgan fingerprint density at radius 3 is 1.00 bits per heavy atom. The van der Waals surface area contributed by atoms with Gasteiger partial charge in [0.25, 0.3) is 0 Å². The first-order valence-electron chi connectivity index (χ1n) is 0. The van der Waals surface area contributed by atoms with E-state index in [1.54, 1.807) is 0 Å². The molecule has 0 spiro atoms. The molecule has 4 heavy (non-hydrogen) atoms. The van der Waals surface area contributed by atoms with E-state index in [1.807, 2.05) is 0 Å². The predicted molar refractivity (Wildman–Crippen MR) is 5.75 cm³/mol.